The molecule has 3 aliphatic rings. The SMILES string of the molecule is C=CCN(C(=O)C1N(CCCCCO)C(=O)[C@@H]2[C@H](C(=O)N(CC=C)c3ccc(OCC)cc3)[C@]3(CC)CCC12O3)c1ccc(OC)cc1. The van der Waals surface area contributed by atoms with Crippen LogP contribution in [-0.2, 0) is 19.1 Å². The number of aliphatic hydroxyl groups is 1. The van der Waals surface area contributed by atoms with Gasteiger partial charge in [-0.2, -0.15) is 0 Å². The van der Waals surface area contributed by atoms with Crippen molar-refractivity contribution >= 4 is 29.1 Å². The van der Waals surface area contributed by atoms with Crippen LogP contribution in [0.4, 0.5) is 11.4 Å². The lowest BCUT2D eigenvalue weighted by Gasteiger charge is -2.37. The Bertz CT molecular complexity index is 1480. The fourth-order valence-electron chi connectivity index (χ4n) is 8.05. The number of hydrogen-bond donors (Lipinski definition) is 1. The van der Waals surface area contributed by atoms with E-state index in [2.05, 4.69) is 13.2 Å². The van der Waals surface area contributed by atoms with Crippen LogP contribution in [0.1, 0.15) is 52.4 Å². The van der Waals surface area contributed by atoms with Crippen molar-refractivity contribution in [2.45, 2.75) is 69.6 Å². The van der Waals surface area contributed by atoms with Gasteiger partial charge in [-0.3, -0.25) is 14.4 Å². The molecule has 10 heteroatoms. The van der Waals surface area contributed by atoms with E-state index in [1.54, 1.807) is 46.1 Å². The van der Waals surface area contributed by atoms with E-state index in [1.165, 1.54) is 0 Å². The molecule has 258 valence electrons. The van der Waals surface area contributed by atoms with Crippen molar-refractivity contribution < 1.29 is 33.7 Å². The Morgan fingerprint density at radius 3 is 2.08 bits per heavy atom. The molecule has 2 bridgehead atoms. The average Bonchev–Trinajstić information content (AvgIpc) is 3.71. The number of ether oxygens (including phenoxy) is 3. The third-order valence-electron chi connectivity index (χ3n) is 10.2. The van der Waals surface area contributed by atoms with Crippen molar-refractivity contribution in [3.63, 3.8) is 0 Å². The molecule has 0 aromatic heterocycles. The summed E-state index contributed by atoms with van der Waals surface area (Å²) >= 11 is 0. The molecule has 2 aromatic carbocycles. The number of unbranched alkanes of at least 4 members (excludes halogenated alkanes) is 2. The molecule has 3 amide bonds. The first kappa shape index (κ1) is 35.2. The number of hydrogen-bond acceptors (Lipinski definition) is 7. The summed E-state index contributed by atoms with van der Waals surface area (Å²) in [5.74, 6) is -0.983. The molecule has 10 nitrogen and oxygen atoms in total. The topological polar surface area (TPSA) is 109 Å². The summed E-state index contributed by atoms with van der Waals surface area (Å²) in [7, 11) is 1.58. The van der Waals surface area contributed by atoms with Gasteiger partial charge in [-0.05, 0) is 94.0 Å². The highest BCUT2D eigenvalue weighted by Gasteiger charge is 2.79. The summed E-state index contributed by atoms with van der Waals surface area (Å²) in [4.78, 5) is 49.4. The number of rotatable bonds is 17. The van der Waals surface area contributed by atoms with Crippen LogP contribution >= 0.6 is 0 Å². The molecule has 0 saturated carbocycles. The van der Waals surface area contributed by atoms with Crippen LogP contribution in [0.15, 0.2) is 73.8 Å². The van der Waals surface area contributed by atoms with E-state index in [-0.39, 0.29) is 37.4 Å². The van der Waals surface area contributed by atoms with E-state index in [0.29, 0.717) is 74.6 Å². The molecule has 2 unspecified atom stereocenters. The molecule has 5 rings (SSSR count). The van der Waals surface area contributed by atoms with Crippen molar-refractivity contribution in [1.29, 1.82) is 0 Å². The summed E-state index contributed by atoms with van der Waals surface area (Å²) in [6.45, 7) is 13.1. The molecule has 0 aliphatic carbocycles. The van der Waals surface area contributed by atoms with Crippen molar-refractivity contribution in [2.75, 3.05) is 49.8 Å². The fourth-order valence-corrected chi connectivity index (χ4v) is 8.05. The van der Waals surface area contributed by atoms with Gasteiger partial charge in [-0.1, -0.05) is 19.1 Å². The van der Waals surface area contributed by atoms with E-state index in [9.17, 15) is 19.5 Å². The van der Waals surface area contributed by atoms with Gasteiger partial charge in [-0.15, -0.1) is 13.2 Å². The molecule has 1 N–H and O–H groups in total. The first-order chi connectivity index (χ1) is 23.2. The van der Waals surface area contributed by atoms with Crippen LogP contribution in [0.2, 0.25) is 0 Å². The Hall–Kier alpha value is -4.15. The summed E-state index contributed by atoms with van der Waals surface area (Å²) in [5, 5.41) is 9.41. The first-order valence-electron chi connectivity index (χ1n) is 17.1. The first-order valence-corrected chi connectivity index (χ1v) is 17.1. The molecule has 3 fully saturated rings. The minimum absolute atomic E-state index is 0.0524. The van der Waals surface area contributed by atoms with Crippen LogP contribution in [0.25, 0.3) is 0 Å². The predicted molar refractivity (Wildman–Crippen MR) is 185 cm³/mol. The number of anilines is 2. The average molecular weight is 660 g/mol. The van der Waals surface area contributed by atoms with Crippen LogP contribution < -0.4 is 19.3 Å². The number of amides is 3. The van der Waals surface area contributed by atoms with Gasteiger partial charge in [0.25, 0.3) is 5.91 Å². The zero-order valence-corrected chi connectivity index (χ0v) is 28.4. The van der Waals surface area contributed by atoms with Crippen molar-refractivity contribution in [3.05, 3.63) is 73.8 Å². The van der Waals surface area contributed by atoms with Gasteiger partial charge in [0.05, 0.1) is 31.2 Å². The van der Waals surface area contributed by atoms with E-state index < -0.39 is 29.1 Å². The lowest BCUT2D eigenvalue weighted by molar-refractivity contribution is -0.146. The summed E-state index contributed by atoms with van der Waals surface area (Å²) in [6.07, 6.45) is 6.80. The molecule has 0 radical (unpaired) electrons. The van der Waals surface area contributed by atoms with Crippen LogP contribution in [0, 0.1) is 11.8 Å². The molecule has 48 heavy (non-hydrogen) atoms. The maximum Gasteiger partial charge on any atom is 0.253 e. The second-order valence-electron chi connectivity index (χ2n) is 12.7. The predicted octanol–water partition coefficient (Wildman–Crippen LogP) is 5.15. The number of carbonyl (C=O) groups excluding carboxylic acids is 3. The smallest absolute Gasteiger partial charge is 0.253 e. The number of benzene rings is 2. The standard InChI is InChI=1S/C38H49N3O7/c1-6-23-39(27-15-19-30(20-16-27)47-9-4)34(43)31-32-35(44)41(25-11-10-12-26-42)33(38(32)22-21-37(31,8-3)48-38)36(45)40(24-7-2)28-13-17-29(46-5)18-14-28/h6-7,13-20,31-33,42H,1-2,8-12,21-26H2,3-5H3/t31-,32+,33?,37+,38?/m1/s1. The van der Waals surface area contributed by atoms with Crippen molar-refractivity contribution in [1.82, 2.24) is 4.90 Å². The fraction of sp³-hybridized carbons (Fsp3) is 0.500. The van der Waals surface area contributed by atoms with Gasteiger partial charge < -0.3 is 34.0 Å². The third-order valence-corrected chi connectivity index (χ3v) is 10.2. The van der Waals surface area contributed by atoms with Gasteiger partial charge in [0, 0.05) is 37.6 Å². The Morgan fingerprint density at radius 2 is 1.54 bits per heavy atom. The van der Waals surface area contributed by atoms with Gasteiger partial charge in [0.15, 0.2) is 0 Å². The summed E-state index contributed by atoms with van der Waals surface area (Å²) in [6, 6.07) is 13.6. The minimum Gasteiger partial charge on any atom is -0.497 e. The van der Waals surface area contributed by atoms with E-state index in [1.807, 2.05) is 50.2 Å². The lowest BCUT2D eigenvalue weighted by Crippen LogP contribution is -2.56. The number of aliphatic hydroxyl groups excluding tert-OH is 1. The summed E-state index contributed by atoms with van der Waals surface area (Å²) in [5.41, 5.74) is -0.757. The number of likely N-dealkylation sites (tertiary alicyclic amines) is 1. The maximum absolute atomic E-state index is 14.9. The Morgan fingerprint density at radius 1 is 0.938 bits per heavy atom. The van der Waals surface area contributed by atoms with Crippen molar-refractivity contribution in [3.8, 4) is 11.5 Å². The number of fused-ring (bicyclic) bond motifs is 1. The Kier molecular flexibility index (Phi) is 11.0. The molecule has 1 spiro atoms. The second-order valence-corrected chi connectivity index (χ2v) is 12.7. The highest BCUT2D eigenvalue weighted by Crippen LogP contribution is 2.65. The highest BCUT2D eigenvalue weighted by atomic mass is 16.5. The Labute approximate surface area is 283 Å². The quantitative estimate of drug-likeness (QED) is 0.185. The van der Waals surface area contributed by atoms with E-state index in [4.69, 9.17) is 14.2 Å². The zero-order chi connectivity index (χ0) is 34.5. The maximum atomic E-state index is 14.9. The largest absolute Gasteiger partial charge is 0.497 e. The highest BCUT2D eigenvalue weighted by molar-refractivity contribution is 6.07. The van der Waals surface area contributed by atoms with E-state index >= 15 is 0 Å². The monoisotopic (exact) mass is 659 g/mol. The molecule has 5 atom stereocenters. The van der Waals surface area contributed by atoms with Crippen LogP contribution in [-0.4, -0.2) is 84.9 Å². The molecule has 2 aromatic rings. The third kappa shape index (κ3) is 6.12. The second kappa shape index (κ2) is 15.0. The number of nitrogens with zero attached hydrogens (tertiary/aromatic N) is 3. The molecule has 3 aliphatic heterocycles. The molecular weight excluding hydrogens is 610 g/mol. The van der Waals surface area contributed by atoms with Crippen molar-refractivity contribution in [2.24, 2.45) is 11.8 Å². The van der Waals surface area contributed by atoms with Crippen LogP contribution in [0.3, 0.4) is 0 Å². The van der Waals surface area contributed by atoms with Gasteiger partial charge in [0.2, 0.25) is 11.8 Å². The zero-order valence-electron chi connectivity index (χ0n) is 28.4. The molecule has 3 heterocycles. The summed E-state index contributed by atoms with van der Waals surface area (Å²) < 4.78 is 18.0. The normalized spacial score (nSPS) is 25.5. The molecule has 3 saturated heterocycles. The number of methoxy groups -OCH3 is 1. The minimum atomic E-state index is -1.17. The molecular formula is C38H49N3O7. The van der Waals surface area contributed by atoms with E-state index in [0.717, 1.165) is 0 Å². The van der Waals surface area contributed by atoms with Gasteiger partial charge in [-0.25, -0.2) is 0 Å². The van der Waals surface area contributed by atoms with Crippen LogP contribution in [0.5, 0.6) is 11.5 Å². The van der Waals surface area contributed by atoms with Gasteiger partial charge in [0.1, 0.15) is 23.1 Å². The van der Waals surface area contributed by atoms with Gasteiger partial charge >= 0.3 is 0 Å². The number of carbonyl (C=O) groups is 3. The Balaban J connectivity index is 1.57. The lowest BCUT2D eigenvalue weighted by atomic mass is 9.64.